The Morgan fingerprint density at radius 1 is 1.12 bits per heavy atom. The number of rotatable bonds is 4. The predicted molar refractivity (Wildman–Crippen MR) is 131 cm³/mol. The summed E-state index contributed by atoms with van der Waals surface area (Å²) in [6.07, 6.45) is 7.36. The molecule has 2 N–H and O–H groups in total. The molecule has 1 saturated carbocycles. The summed E-state index contributed by atoms with van der Waals surface area (Å²) in [4.78, 5) is 24.3. The molecular weight excluding hydrogens is 450 g/mol. The van der Waals surface area contributed by atoms with Crippen molar-refractivity contribution in [3.63, 3.8) is 0 Å². The Balaban J connectivity index is 1.47. The Hall–Kier alpha value is -3.58. The zero-order chi connectivity index (χ0) is 23.4. The number of nitrogen functional groups attached to an aromatic ring is 1. The average molecular weight is 474 g/mol. The molecule has 1 fully saturated rings. The highest BCUT2D eigenvalue weighted by Gasteiger charge is 2.51. The Morgan fingerprint density at radius 3 is 2.62 bits per heavy atom. The lowest BCUT2D eigenvalue weighted by Crippen LogP contribution is -2.41. The molecule has 0 bridgehead atoms. The van der Waals surface area contributed by atoms with Gasteiger partial charge in [0.1, 0.15) is 23.5 Å². The molecule has 8 heteroatoms. The molecule has 172 valence electrons. The van der Waals surface area contributed by atoms with Crippen LogP contribution in [0.4, 0.5) is 5.82 Å². The van der Waals surface area contributed by atoms with Crippen molar-refractivity contribution in [2.75, 3.05) is 12.8 Å². The van der Waals surface area contributed by atoms with Gasteiger partial charge in [-0.1, -0.05) is 36.6 Å². The van der Waals surface area contributed by atoms with Gasteiger partial charge in [-0.05, 0) is 54.3 Å². The summed E-state index contributed by atoms with van der Waals surface area (Å²) in [5, 5.41) is 1.25. The van der Waals surface area contributed by atoms with E-state index in [9.17, 15) is 4.79 Å². The van der Waals surface area contributed by atoms with Crippen LogP contribution < -0.4 is 10.5 Å². The van der Waals surface area contributed by atoms with E-state index in [4.69, 9.17) is 22.1 Å². The van der Waals surface area contributed by atoms with Crippen LogP contribution in [0, 0.1) is 0 Å². The third-order valence-corrected chi connectivity index (χ3v) is 7.57. The first-order valence-electron chi connectivity index (χ1n) is 11.4. The average Bonchev–Trinajstić information content (AvgIpc) is 3.55. The lowest BCUT2D eigenvalue weighted by Gasteiger charge is -2.36. The Labute approximate surface area is 202 Å². The second-order valence-electron chi connectivity index (χ2n) is 9.01. The highest BCUT2D eigenvalue weighted by molar-refractivity contribution is 6.34. The minimum Gasteiger partial charge on any atom is -0.497 e. The van der Waals surface area contributed by atoms with Gasteiger partial charge >= 0.3 is 0 Å². The number of hydrogen-bond acceptors (Lipinski definition) is 5. The van der Waals surface area contributed by atoms with Crippen LogP contribution in [0.25, 0.3) is 16.7 Å². The van der Waals surface area contributed by atoms with Crippen LogP contribution in [0.15, 0.2) is 55.0 Å². The minimum atomic E-state index is -0.358. The number of benzene rings is 2. The highest BCUT2D eigenvalue weighted by Crippen LogP contribution is 2.52. The summed E-state index contributed by atoms with van der Waals surface area (Å²) in [6.45, 7) is 0.527. The smallest absolute Gasteiger partial charge is 0.256 e. The zero-order valence-electron chi connectivity index (χ0n) is 18.8. The molecule has 1 amide bonds. The third kappa shape index (κ3) is 3.00. The molecule has 0 saturated heterocycles. The van der Waals surface area contributed by atoms with Gasteiger partial charge in [-0.2, -0.15) is 0 Å². The van der Waals surface area contributed by atoms with Gasteiger partial charge in [0.15, 0.2) is 0 Å². The fourth-order valence-electron chi connectivity index (χ4n) is 5.61. The fourth-order valence-corrected chi connectivity index (χ4v) is 5.90. The van der Waals surface area contributed by atoms with E-state index in [1.165, 1.54) is 6.33 Å². The Morgan fingerprint density at radius 2 is 1.88 bits per heavy atom. The number of ether oxygens (including phenoxy) is 1. The van der Waals surface area contributed by atoms with Crippen molar-refractivity contribution in [2.45, 2.75) is 37.8 Å². The number of hydrogen-bond donors (Lipinski definition) is 1. The summed E-state index contributed by atoms with van der Waals surface area (Å²) in [5.41, 5.74) is 9.95. The van der Waals surface area contributed by atoms with Gasteiger partial charge in [0.05, 0.1) is 28.6 Å². The summed E-state index contributed by atoms with van der Waals surface area (Å²) in [5.74, 6) is 1.23. The maximum absolute atomic E-state index is 13.7. The molecule has 1 aliphatic carbocycles. The van der Waals surface area contributed by atoms with Crippen LogP contribution in [-0.2, 0) is 12.1 Å². The van der Waals surface area contributed by atoms with E-state index in [1.54, 1.807) is 7.11 Å². The van der Waals surface area contributed by atoms with E-state index in [1.807, 2.05) is 52.1 Å². The van der Waals surface area contributed by atoms with Crippen LogP contribution in [-0.4, -0.2) is 32.5 Å². The quantitative estimate of drug-likeness (QED) is 0.446. The third-order valence-electron chi connectivity index (χ3n) is 7.27. The van der Waals surface area contributed by atoms with Crippen LogP contribution in [0.2, 0.25) is 5.02 Å². The van der Waals surface area contributed by atoms with Gasteiger partial charge in [0.25, 0.3) is 5.91 Å². The van der Waals surface area contributed by atoms with Gasteiger partial charge in [-0.3, -0.25) is 4.79 Å². The van der Waals surface area contributed by atoms with Gasteiger partial charge in [0.2, 0.25) is 0 Å². The maximum atomic E-state index is 13.7. The molecule has 1 spiro atoms. The number of aromatic nitrogens is 3. The molecule has 6 rings (SSSR count). The van der Waals surface area contributed by atoms with Gasteiger partial charge in [0, 0.05) is 18.4 Å². The Kier molecular flexibility index (Phi) is 4.78. The number of anilines is 1. The van der Waals surface area contributed by atoms with E-state index in [2.05, 4.69) is 16.0 Å². The highest BCUT2D eigenvalue weighted by atomic mass is 35.5. The first-order chi connectivity index (χ1) is 16.5. The standard InChI is InChI=1S/C26H24ClN5O2/c1-34-18-6-4-16(5-7-18)14-32-25(33)22-20(26(32)9-2-3-10-26)12-17(13-21(22)27)31-11-8-19-23(28)29-15-30-24(19)31/h4-8,11-13,15H,2-3,9-10,14H2,1H3,(H2,28,29,30). The van der Waals surface area contributed by atoms with Crippen molar-refractivity contribution < 1.29 is 9.53 Å². The monoisotopic (exact) mass is 473 g/mol. The van der Waals surface area contributed by atoms with Crippen LogP contribution >= 0.6 is 11.6 Å². The van der Waals surface area contributed by atoms with Crippen LogP contribution in [0.5, 0.6) is 5.75 Å². The van der Waals surface area contributed by atoms with E-state index >= 15 is 0 Å². The number of halogens is 1. The van der Waals surface area contributed by atoms with Gasteiger partial charge in [-0.25, -0.2) is 9.97 Å². The fraction of sp³-hybridized carbons (Fsp3) is 0.269. The van der Waals surface area contributed by atoms with Crippen molar-refractivity contribution >= 4 is 34.4 Å². The molecule has 0 atom stereocenters. The van der Waals surface area contributed by atoms with Crippen molar-refractivity contribution in [3.8, 4) is 11.4 Å². The molecule has 3 heterocycles. The summed E-state index contributed by atoms with van der Waals surface area (Å²) in [6, 6.07) is 13.7. The second kappa shape index (κ2) is 7.74. The van der Waals surface area contributed by atoms with Crippen LogP contribution in [0.3, 0.4) is 0 Å². The lowest BCUT2D eigenvalue weighted by atomic mass is 9.87. The largest absolute Gasteiger partial charge is 0.497 e. The normalized spacial score (nSPS) is 16.5. The van der Waals surface area contributed by atoms with Crippen molar-refractivity contribution in [3.05, 3.63) is 76.7 Å². The van der Waals surface area contributed by atoms with Crippen molar-refractivity contribution in [1.82, 2.24) is 19.4 Å². The molecule has 0 radical (unpaired) electrons. The second-order valence-corrected chi connectivity index (χ2v) is 9.42. The molecule has 2 aromatic carbocycles. The number of nitrogens with zero attached hydrogens (tertiary/aromatic N) is 4. The van der Waals surface area contributed by atoms with Gasteiger partial charge in [-0.15, -0.1) is 0 Å². The first-order valence-corrected chi connectivity index (χ1v) is 11.8. The SMILES string of the molecule is COc1ccc(CN2C(=O)c3c(Cl)cc(-n4ccc5c(N)ncnc54)cc3C23CCCC3)cc1. The first kappa shape index (κ1) is 21.0. The number of carbonyl (C=O) groups excluding carboxylic acids is 1. The molecule has 0 unspecified atom stereocenters. The van der Waals surface area contributed by atoms with E-state index in [-0.39, 0.29) is 11.4 Å². The zero-order valence-corrected chi connectivity index (χ0v) is 19.5. The van der Waals surface area contributed by atoms with Gasteiger partial charge < -0.3 is 19.9 Å². The van der Waals surface area contributed by atoms with E-state index in [0.717, 1.165) is 53.6 Å². The predicted octanol–water partition coefficient (Wildman–Crippen LogP) is 5.09. The molecule has 2 aliphatic rings. The van der Waals surface area contributed by atoms with E-state index < -0.39 is 0 Å². The maximum Gasteiger partial charge on any atom is 0.256 e. The minimum absolute atomic E-state index is 0.00629. The summed E-state index contributed by atoms with van der Waals surface area (Å²) < 4.78 is 7.25. The van der Waals surface area contributed by atoms with Crippen molar-refractivity contribution in [2.24, 2.45) is 0 Å². The molecule has 34 heavy (non-hydrogen) atoms. The molecule has 2 aromatic heterocycles. The van der Waals surface area contributed by atoms with Crippen LogP contribution in [0.1, 0.15) is 47.2 Å². The summed E-state index contributed by atoms with van der Waals surface area (Å²) in [7, 11) is 1.65. The number of fused-ring (bicyclic) bond motifs is 3. The molecule has 4 aromatic rings. The van der Waals surface area contributed by atoms with Crippen molar-refractivity contribution in [1.29, 1.82) is 0 Å². The number of methoxy groups -OCH3 is 1. The molecule has 1 aliphatic heterocycles. The Bertz CT molecular complexity index is 1420. The topological polar surface area (TPSA) is 86.3 Å². The molecular formula is C26H24ClN5O2. The van der Waals surface area contributed by atoms with E-state index in [0.29, 0.717) is 28.6 Å². The number of carbonyl (C=O) groups is 1. The molecule has 7 nitrogen and oxygen atoms in total. The lowest BCUT2D eigenvalue weighted by molar-refractivity contribution is 0.0529. The number of nitrogens with two attached hydrogens (primary N) is 1. The summed E-state index contributed by atoms with van der Waals surface area (Å²) >= 11 is 6.80. The number of amides is 1.